The van der Waals surface area contributed by atoms with Crippen molar-refractivity contribution in [2.75, 3.05) is 37.4 Å². The lowest BCUT2D eigenvalue weighted by Crippen LogP contribution is -2.27. The first-order chi connectivity index (χ1) is 11.6. The molecule has 0 saturated carbocycles. The van der Waals surface area contributed by atoms with Gasteiger partial charge in [-0.2, -0.15) is 0 Å². The van der Waals surface area contributed by atoms with Crippen LogP contribution in [-0.4, -0.2) is 48.0 Å². The van der Waals surface area contributed by atoms with Crippen LogP contribution in [0.5, 0.6) is 0 Å². The molecule has 24 heavy (non-hydrogen) atoms. The number of carbonyl (C=O) groups is 1. The molecule has 1 aliphatic heterocycles. The van der Waals surface area contributed by atoms with Gasteiger partial charge in [0.2, 0.25) is 5.91 Å². The number of likely N-dealkylation sites (tertiary alicyclic amines) is 1. The van der Waals surface area contributed by atoms with Crippen LogP contribution in [0.4, 0.5) is 11.6 Å². The van der Waals surface area contributed by atoms with Crippen LogP contribution in [0.1, 0.15) is 12.0 Å². The normalized spacial score (nSPS) is 17.7. The molecule has 0 bridgehead atoms. The van der Waals surface area contributed by atoms with Gasteiger partial charge >= 0.3 is 0 Å². The van der Waals surface area contributed by atoms with Crippen molar-refractivity contribution in [3.8, 4) is 0 Å². The van der Waals surface area contributed by atoms with Gasteiger partial charge < -0.3 is 10.2 Å². The van der Waals surface area contributed by atoms with Crippen LogP contribution >= 0.6 is 0 Å². The first-order valence-electron chi connectivity index (χ1n) is 8.19. The second kappa shape index (κ2) is 7.40. The summed E-state index contributed by atoms with van der Waals surface area (Å²) in [6.45, 7) is 2.50. The number of carbonyl (C=O) groups excluding carboxylic acids is 1. The molecule has 1 fully saturated rings. The first kappa shape index (κ1) is 16.4. The monoisotopic (exact) mass is 325 g/mol. The van der Waals surface area contributed by atoms with Gasteiger partial charge in [-0.3, -0.25) is 9.69 Å². The third-order valence-electron chi connectivity index (χ3n) is 4.24. The van der Waals surface area contributed by atoms with Crippen molar-refractivity contribution < 1.29 is 4.79 Å². The van der Waals surface area contributed by atoms with Crippen LogP contribution in [0, 0.1) is 5.92 Å². The standard InChI is InChI=1S/C18H23N5O/c1-22(2)17-14(6-5-10-20-17)12-23-11-8-15(13-23)18(24)21-16-7-3-4-9-19-16/h3-7,9-10,15H,8,11-13H2,1-2H3,(H,19,21,24)/t15-/m0/s1. The minimum absolute atomic E-state index is 0.00600. The van der Waals surface area contributed by atoms with Crippen LogP contribution in [0.2, 0.25) is 0 Å². The molecule has 3 heterocycles. The molecule has 2 aromatic rings. The molecule has 6 heteroatoms. The molecule has 0 unspecified atom stereocenters. The zero-order chi connectivity index (χ0) is 16.9. The molecule has 1 amide bonds. The molecule has 0 aliphatic carbocycles. The van der Waals surface area contributed by atoms with Crippen LogP contribution in [-0.2, 0) is 11.3 Å². The summed E-state index contributed by atoms with van der Waals surface area (Å²) in [5.41, 5.74) is 1.19. The SMILES string of the molecule is CN(C)c1ncccc1CN1CC[C@H](C(=O)Nc2ccccn2)C1. The van der Waals surface area contributed by atoms with E-state index in [2.05, 4.69) is 26.3 Å². The van der Waals surface area contributed by atoms with E-state index >= 15 is 0 Å². The predicted octanol–water partition coefficient (Wildman–Crippen LogP) is 2.00. The molecule has 1 N–H and O–H groups in total. The predicted molar refractivity (Wildman–Crippen MR) is 94.8 cm³/mol. The zero-order valence-corrected chi connectivity index (χ0v) is 14.1. The number of hydrogen-bond acceptors (Lipinski definition) is 5. The van der Waals surface area contributed by atoms with E-state index in [0.717, 1.165) is 31.9 Å². The Bertz CT molecular complexity index is 689. The smallest absolute Gasteiger partial charge is 0.229 e. The van der Waals surface area contributed by atoms with Gasteiger partial charge in [-0.15, -0.1) is 0 Å². The van der Waals surface area contributed by atoms with Crippen molar-refractivity contribution in [1.82, 2.24) is 14.9 Å². The maximum atomic E-state index is 12.4. The summed E-state index contributed by atoms with van der Waals surface area (Å²) in [5, 5.41) is 2.90. The summed E-state index contributed by atoms with van der Waals surface area (Å²) < 4.78 is 0. The summed E-state index contributed by atoms with van der Waals surface area (Å²) >= 11 is 0. The lowest BCUT2D eigenvalue weighted by molar-refractivity contribution is -0.119. The Kier molecular flexibility index (Phi) is 5.05. The van der Waals surface area contributed by atoms with Crippen molar-refractivity contribution in [2.24, 2.45) is 5.92 Å². The van der Waals surface area contributed by atoms with E-state index in [9.17, 15) is 4.79 Å². The van der Waals surface area contributed by atoms with E-state index in [1.54, 1.807) is 6.20 Å². The molecule has 126 valence electrons. The largest absolute Gasteiger partial charge is 0.362 e. The highest BCUT2D eigenvalue weighted by Crippen LogP contribution is 2.23. The first-order valence-corrected chi connectivity index (χ1v) is 8.19. The van der Waals surface area contributed by atoms with Gasteiger partial charge in [-0.05, 0) is 31.2 Å². The fraction of sp³-hybridized carbons (Fsp3) is 0.389. The molecule has 1 atom stereocenters. The Morgan fingerprint density at radius 2 is 2.08 bits per heavy atom. The highest BCUT2D eigenvalue weighted by molar-refractivity contribution is 5.92. The molecule has 1 aliphatic rings. The number of aromatic nitrogens is 2. The molecule has 6 nitrogen and oxygen atoms in total. The number of rotatable bonds is 5. The van der Waals surface area contributed by atoms with Crippen molar-refractivity contribution in [3.05, 3.63) is 48.3 Å². The second-order valence-corrected chi connectivity index (χ2v) is 6.31. The van der Waals surface area contributed by atoms with Gasteiger partial charge in [0.25, 0.3) is 0 Å². The molecule has 2 aromatic heterocycles. The fourth-order valence-electron chi connectivity index (χ4n) is 3.05. The summed E-state index contributed by atoms with van der Waals surface area (Å²) in [7, 11) is 4.00. The maximum Gasteiger partial charge on any atom is 0.229 e. The Balaban J connectivity index is 1.59. The quantitative estimate of drug-likeness (QED) is 0.911. The average Bonchev–Trinajstić information content (AvgIpc) is 3.05. The average molecular weight is 325 g/mol. The van der Waals surface area contributed by atoms with Gasteiger partial charge in [0, 0.05) is 45.1 Å². The number of pyridine rings is 2. The third kappa shape index (κ3) is 3.89. The number of hydrogen-bond donors (Lipinski definition) is 1. The number of anilines is 2. The van der Waals surface area contributed by atoms with Gasteiger partial charge in [0.15, 0.2) is 0 Å². The van der Waals surface area contributed by atoms with Crippen LogP contribution in [0.3, 0.4) is 0 Å². The summed E-state index contributed by atoms with van der Waals surface area (Å²) in [6.07, 6.45) is 4.36. The van der Waals surface area contributed by atoms with Crippen LogP contribution < -0.4 is 10.2 Å². The minimum atomic E-state index is 0.00600. The zero-order valence-electron chi connectivity index (χ0n) is 14.1. The summed E-state index contributed by atoms with van der Waals surface area (Å²) in [5.74, 6) is 1.66. The lowest BCUT2D eigenvalue weighted by Gasteiger charge is -2.20. The molecule has 0 aromatic carbocycles. The van der Waals surface area contributed by atoms with Crippen molar-refractivity contribution in [3.63, 3.8) is 0 Å². The number of nitrogens with one attached hydrogen (secondary N) is 1. The van der Waals surface area contributed by atoms with Gasteiger partial charge in [0.1, 0.15) is 11.6 Å². The molecular weight excluding hydrogens is 302 g/mol. The molecular formula is C18H23N5O. The highest BCUT2D eigenvalue weighted by Gasteiger charge is 2.29. The minimum Gasteiger partial charge on any atom is -0.362 e. The summed E-state index contributed by atoms with van der Waals surface area (Å²) in [4.78, 5) is 25.3. The number of nitrogens with zero attached hydrogens (tertiary/aromatic N) is 4. The van der Waals surface area contributed by atoms with Crippen molar-refractivity contribution in [2.45, 2.75) is 13.0 Å². The van der Waals surface area contributed by atoms with E-state index in [0.29, 0.717) is 5.82 Å². The summed E-state index contributed by atoms with van der Waals surface area (Å²) in [6, 6.07) is 9.58. The third-order valence-corrected chi connectivity index (χ3v) is 4.24. The van der Waals surface area contributed by atoms with Crippen molar-refractivity contribution >= 4 is 17.5 Å². The highest BCUT2D eigenvalue weighted by atomic mass is 16.2. The lowest BCUT2D eigenvalue weighted by atomic mass is 10.1. The van der Waals surface area contributed by atoms with E-state index in [-0.39, 0.29) is 11.8 Å². The molecule has 0 spiro atoms. The van der Waals surface area contributed by atoms with Crippen LogP contribution in [0.15, 0.2) is 42.7 Å². The van der Waals surface area contributed by atoms with E-state index in [1.807, 2.05) is 49.5 Å². The van der Waals surface area contributed by atoms with Gasteiger partial charge in [0.05, 0.1) is 5.92 Å². The second-order valence-electron chi connectivity index (χ2n) is 6.31. The van der Waals surface area contributed by atoms with Gasteiger partial charge in [-0.1, -0.05) is 12.1 Å². The topological polar surface area (TPSA) is 61.4 Å². The van der Waals surface area contributed by atoms with Crippen LogP contribution in [0.25, 0.3) is 0 Å². The van der Waals surface area contributed by atoms with E-state index in [4.69, 9.17) is 0 Å². The van der Waals surface area contributed by atoms with E-state index in [1.165, 1.54) is 5.56 Å². The Hall–Kier alpha value is -2.47. The Labute approximate surface area is 142 Å². The number of amides is 1. The molecule has 0 radical (unpaired) electrons. The van der Waals surface area contributed by atoms with Crippen molar-refractivity contribution in [1.29, 1.82) is 0 Å². The Morgan fingerprint density at radius 1 is 1.25 bits per heavy atom. The fourth-order valence-corrected chi connectivity index (χ4v) is 3.05. The maximum absolute atomic E-state index is 12.4. The van der Waals surface area contributed by atoms with E-state index < -0.39 is 0 Å². The molecule has 3 rings (SSSR count). The van der Waals surface area contributed by atoms with Gasteiger partial charge in [-0.25, -0.2) is 9.97 Å². The Morgan fingerprint density at radius 3 is 2.83 bits per heavy atom. The molecule has 1 saturated heterocycles.